The molecule has 0 heterocycles. The predicted octanol–water partition coefficient (Wildman–Crippen LogP) is 2.56. The molecule has 4 aliphatic rings. The van der Waals surface area contributed by atoms with Crippen LogP contribution >= 0.6 is 0 Å². The Bertz CT molecular complexity index is 827. The lowest BCUT2D eigenvalue weighted by atomic mass is 9.46. The van der Waals surface area contributed by atoms with Gasteiger partial charge in [0, 0.05) is 31.1 Å². The molecule has 0 aromatic rings. The van der Waals surface area contributed by atoms with Crippen molar-refractivity contribution in [3.05, 3.63) is 11.6 Å². The average molecular weight is 402 g/mol. The van der Waals surface area contributed by atoms with Crippen LogP contribution in [0.25, 0.3) is 0 Å². The molecule has 3 fully saturated rings. The summed E-state index contributed by atoms with van der Waals surface area (Å²) in [6.07, 6.45) is 5.66. The van der Waals surface area contributed by atoms with Crippen LogP contribution in [0, 0.1) is 28.6 Å². The second kappa shape index (κ2) is 6.59. The molecule has 29 heavy (non-hydrogen) atoms. The number of hydrogen-bond acceptors (Lipinski definition) is 6. The molecule has 0 spiro atoms. The number of esters is 1. The molecule has 3 saturated carbocycles. The van der Waals surface area contributed by atoms with E-state index >= 15 is 0 Å². The molecule has 0 amide bonds. The summed E-state index contributed by atoms with van der Waals surface area (Å²) in [6, 6.07) is 0. The quantitative estimate of drug-likeness (QED) is 0.729. The smallest absolute Gasteiger partial charge is 0.303 e. The highest BCUT2D eigenvalue weighted by molar-refractivity contribution is 5.95. The van der Waals surface area contributed by atoms with Crippen molar-refractivity contribution in [2.24, 2.45) is 28.6 Å². The third-order valence-electron chi connectivity index (χ3n) is 8.67. The predicted molar refractivity (Wildman–Crippen MR) is 104 cm³/mol. The van der Waals surface area contributed by atoms with Gasteiger partial charge in [0.05, 0.1) is 0 Å². The molecule has 0 radical (unpaired) electrons. The van der Waals surface area contributed by atoms with Gasteiger partial charge in [-0.1, -0.05) is 19.4 Å². The monoisotopic (exact) mass is 402 g/mol. The van der Waals surface area contributed by atoms with Crippen LogP contribution in [0.4, 0.5) is 0 Å². The number of ketones is 3. The largest absolute Gasteiger partial charge is 0.458 e. The Hall–Kier alpha value is -1.82. The molecule has 158 valence electrons. The number of allylic oxidation sites excluding steroid dienone is 1. The first-order valence-corrected chi connectivity index (χ1v) is 10.7. The second-order valence-corrected chi connectivity index (χ2v) is 10.0. The van der Waals surface area contributed by atoms with Crippen molar-refractivity contribution in [2.75, 3.05) is 6.61 Å². The van der Waals surface area contributed by atoms with Crippen molar-refractivity contribution in [3.8, 4) is 0 Å². The Morgan fingerprint density at radius 2 is 1.90 bits per heavy atom. The van der Waals surface area contributed by atoms with Crippen molar-refractivity contribution < 1.29 is 29.0 Å². The zero-order valence-corrected chi connectivity index (χ0v) is 17.5. The summed E-state index contributed by atoms with van der Waals surface area (Å²) >= 11 is 0. The summed E-state index contributed by atoms with van der Waals surface area (Å²) in [5.41, 5.74) is -1.68. The molecule has 0 aromatic carbocycles. The fraction of sp³-hybridized carbons (Fsp3) is 0.739. The normalized spacial score (nSPS) is 43.7. The van der Waals surface area contributed by atoms with Gasteiger partial charge in [-0.2, -0.15) is 0 Å². The lowest BCUT2D eigenvalue weighted by Crippen LogP contribution is -2.61. The maximum absolute atomic E-state index is 13.5. The summed E-state index contributed by atoms with van der Waals surface area (Å²) < 4.78 is 4.86. The molecule has 6 nitrogen and oxygen atoms in total. The molecule has 5 unspecified atom stereocenters. The standard InChI is InChI=1S/C23H30O6/c1-13(24)29-12-19(27)23(28)9-7-17-16-5-4-14-10-15(25)6-8-21(14,2)20(16)18(26)11-22(17,23)3/h10,16-17,20,28H,4-9,11-12H2,1-3H3/t16?,17?,20?,21?,22-,23?/m0/s1. The first kappa shape index (κ1) is 20.5. The van der Waals surface area contributed by atoms with Crippen molar-refractivity contribution >= 4 is 23.3 Å². The van der Waals surface area contributed by atoms with Crippen molar-refractivity contribution in [3.63, 3.8) is 0 Å². The molecule has 0 bridgehead atoms. The third kappa shape index (κ3) is 2.78. The van der Waals surface area contributed by atoms with Crippen molar-refractivity contribution in [1.29, 1.82) is 0 Å². The minimum atomic E-state index is -1.65. The van der Waals surface area contributed by atoms with E-state index in [9.17, 15) is 24.3 Å². The summed E-state index contributed by atoms with van der Waals surface area (Å²) in [6.45, 7) is 4.76. The first-order chi connectivity index (χ1) is 13.5. The maximum Gasteiger partial charge on any atom is 0.303 e. The second-order valence-electron chi connectivity index (χ2n) is 10.0. The minimum absolute atomic E-state index is 0.0625. The van der Waals surface area contributed by atoms with Gasteiger partial charge in [0.2, 0.25) is 5.78 Å². The number of carbonyl (C=O) groups excluding carboxylic acids is 4. The van der Waals surface area contributed by atoms with Gasteiger partial charge in [0.15, 0.2) is 12.4 Å². The van der Waals surface area contributed by atoms with Crippen LogP contribution in [-0.2, 0) is 23.9 Å². The van der Waals surface area contributed by atoms with Gasteiger partial charge in [0.1, 0.15) is 11.4 Å². The van der Waals surface area contributed by atoms with Gasteiger partial charge < -0.3 is 9.84 Å². The average Bonchev–Trinajstić information content (AvgIpc) is 2.91. The van der Waals surface area contributed by atoms with E-state index in [1.807, 2.05) is 6.92 Å². The van der Waals surface area contributed by atoms with Crippen LogP contribution in [0.2, 0.25) is 0 Å². The third-order valence-corrected chi connectivity index (χ3v) is 8.67. The van der Waals surface area contributed by atoms with Gasteiger partial charge in [0.25, 0.3) is 0 Å². The molecule has 0 aromatic heterocycles. The maximum atomic E-state index is 13.5. The summed E-state index contributed by atoms with van der Waals surface area (Å²) in [7, 11) is 0. The number of Topliss-reactive ketones (excluding diaryl/α,β-unsaturated/α-hetero) is 2. The number of carbonyl (C=O) groups is 4. The van der Waals surface area contributed by atoms with E-state index in [1.54, 1.807) is 6.08 Å². The minimum Gasteiger partial charge on any atom is -0.458 e. The number of rotatable bonds is 3. The number of ether oxygens (including phenoxy) is 1. The molecule has 6 atom stereocenters. The van der Waals surface area contributed by atoms with E-state index in [-0.39, 0.29) is 41.2 Å². The van der Waals surface area contributed by atoms with Crippen LogP contribution in [0.5, 0.6) is 0 Å². The molecule has 0 saturated heterocycles. The summed E-state index contributed by atoms with van der Waals surface area (Å²) in [5, 5.41) is 11.4. The summed E-state index contributed by atoms with van der Waals surface area (Å²) in [4.78, 5) is 49.4. The zero-order valence-electron chi connectivity index (χ0n) is 17.5. The Kier molecular flexibility index (Phi) is 4.65. The highest BCUT2D eigenvalue weighted by Crippen LogP contribution is 2.66. The SMILES string of the molecule is CC(=O)OCC(=O)C1(O)CCC2C3CCC4=CC(=O)CCC4(C)C3C(=O)C[C@@]21C. The van der Waals surface area contributed by atoms with E-state index < -0.39 is 29.4 Å². The Morgan fingerprint density at radius 1 is 1.17 bits per heavy atom. The Balaban J connectivity index is 1.66. The Labute approximate surface area is 171 Å². The van der Waals surface area contributed by atoms with Crippen LogP contribution in [0.15, 0.2) is 11.6 Å². The van der Waals surface area contributed by atoms with Crippen molar-refractivity contribution in [1.82, 2.24) is 0 Å². The van der Waals surface area contributed by atoms with E-state index in [0.29, 0.717) is 25.7 Å². The van der Waals surface area contributed by atoms with Crippen LogP contribution in [0.1, 0.15) is 65.7 Å². The lowest BCUT2D eigenvalue weighted by Gasteiger charge is -2.57. The van der Waals surface area contributed by atoms with Crippen LogP contribution < -0.4 is 0 Å². The van der Waals surface area contributed by atoms with Crippen LogP contribution in [-0.4, -0.2) is 40.6 Å². The fourth-order valence-corrected chi connectivity index (χ4v) is 7.13. The van der Waals surface area contributed by atoms with Gasteiger partial charge in [-0.3, -0.25) is 19.2 Å². The van der Waals surface area contributed by atoms with Gasteiger partial charge in [-0.15, -0.1) is 0 Å². The van der Waals surface area contributed by atoms with E-state index in [0.717, 1.165) is 18.4 Å². The highest BCUT2D eigenvalue weighted by atomic mass is 16.5. The van der Waals surface area contributed by atoms with E-state index in [4.69, 9.17) is 4.74 Å². The molecule has 1 N–H and O–H groups in total. The van der Waals surface area contributed by atoms with Gasteiger partial charge in [-0.25, -0.2) is 0 Å². The van der Waals surface area contributed by atoms with E-state index in [2.05, 4.69) is 6.92 Å². The molecule has 0 aliphatic heterocycles. The lowest BCUT2D eigenvalue weighted by molar-refractivity contribution is -0.173. The van der Waals surface area contributed by atoms with Crippen LogP contribution in [0.3, 0.4) is 0 Å². The Morgan fingerprint density at radius 3 is 2.59 bits per heavy atom. The van der Waals surface area contributed by atoms with Crippen molar-refractivity contribution in [2.45, 2.75) is 71.3 Å². The first-order valence-electron chi connectivity index (χ1n) is 10.7. The highest BCUT2D eigenvalue weighted by Gasteiger charge is 2.68. The van der Waals surface area contributed by atoms with Gasteiger partial charge in [-0.05, 0) is 55.4 Å². The molecule has 4 rings (SSSR count). The number of fused-ring (bicyclic) bond motifs is 5. The molecular weight excluding hydrogens is 372 g/mol. The topological polar surface area (TPSA) is 97.7 Å². The fourth-order valence-electron chi connectivity index (χ4n) is 7.13. The molecular formula is C23H30O6. The van der Waals surface area contributed by atoms with Gasteiger partial charge >= 0.3 is 5.97 Å². The molecule has 6 heteroatoms. The van der Waals surface area contributed by atoms with E-state index in [1.165, 1.54) is 6.92 Å². The summed E-state index contributed by atoms with van der Waals surface area (Å²) in [5.74, 6) is -0.811. The number of hydrogen-bond donors (Lipinski definition) is 1. The zero-order chi connectivity index (χ0) is 21.2. The number of aliphatic hydroxyl groups is 1. The molecule has 4 aliphatic carbocycles.